The third-order valence-corrected chi connectivity index (χ3v) is 2.20. The molecule has 0 bridgehead atoms. The van der Waals surface area contributed by atoms with Gasteiger partial charge in [0.2, 0.25) is 0 Å². The Balaban J connectivity index is 2.91. The van der Waals surface area contributed by atoms with Crippen molar-refractivity contribution < 1.29 is 5.11 Å². The van der Waals surface area contributed by atoms with Crippen molar-refractivity contribution in [3.63, 3.8) is 0 Å². The van der Waals surface area contributed by atoms with E-state index in [4.69, 9.17) is 10.8 Å². The van der Waals surface area contributed by atoms with Gasteiger partial charge in [0.25, 0.3) is 0 Å². The van der Waals surface area contributed by atoms with Crippen LogP contribution >= 0.6 is 0 Å². The predicted octanol–water partition coefficient (Wildman–Crippen LogP) is 1.80. The molecule has 0 amide bonds. The van der Waals surface area contributed by atoms with Gasteiger partial charge in [0.1, 0.15) is 0 Å². The van der Waals surface area contributed by atoms with Crippen LogP contribution in [-0.2, 0) is 0 Å². The van der Waals surface area contributed by atoms with Gasteiger partial charge >= 0.3 is 0 Å². The molecule has 0 radical (unpaired) electrons. The predicted molar refractivity (Wildman–Crippen MR) is 54.5 cm³/mol. The maximum atomic E-state index is 8.89. The molecular formula is C11H17NO. The van der Waals surface area contributed by atoms with Crippen molar-refractivity contribution >= 4 is 0 Å². The zero-order valence-electron chi connectivity index (χ0n) is 8.20. The van der Waals surface area contributed by atoms with E-state index in [0.29, 0.717) is 5.92 Å². The number of hydrogen-bond acceptors (Lipinski definition) is 2. The number of hydrogen-bond donors (Lipinski definition) is 2. The fraction of sp³-hybridized carbons (Fsp3) is 0.455. The van der Waals surface area contributed by atoms with Gasteiger partial charge in [-0.1, -0.05) is 38.1 Å². The first kappa shape index (κ1) is 10.2. The summed E-state index contributed by atoms with van der Waals surface area (Å²) in [6.45, 7) is 4.29. The Hall–Kier alpha value is -0.860. The Morgan fingerprint density at radius 3 is 2.46 bits per heavy atom. The van der Waals surface area contributed by atoms with E-state index in [0.717, 1.165) is 5.56 Å². The third-order valence-electron chi connectivity index (χ3n) is 2.20. The van der Waals surface area contributed by atoms with Crippen LogP contribution in [0.4, 0.5) is 0 Å². The highest BCUT2D eigenvalue weighted by Gasteiger charge is 2.05. The average Bonchev–Trinajstić information content (AvgIpc) is 2.17. The summed E-state index contributed by atoms with van der Waals surface area (Å²) in [4.78, 5) is 0. The second-order valence-electron chi connectivity index (χ2n) is 3.61. The largest absolute Gasteiger partial charge is 0.394 e. The SMILES string of the molecule is CC(C)c1cccc(C(N)CO)c1. The molecule has 1 aromatic carbocycles. The molecule has 0 aliphatic carbocycles. The number of benzene rings is 1. The highest BCUT2D eigenvalue weighted by atomic mass is 16.3. The molecule has 1 unspecified atom stereocenters. The van der Waals surface area contributed by atoms with Crippen molar-refractivity contribution in [2.24, 2.45) is 5.73 Å². The van der Waals surface area contributed by atoms with Crippen LogP contribution < -0.4 is 5.73 Å². The summed E-state index contributed by atoms with van der Waals surface area (Å²) in [6, 6.07) is 7.83. The fourth-order valence-corrected chi connectivity index (χ4v) is 1.25. The number of aliphatic hydroxyl groups excluding tert-OH is 1. The molecule has 72 valence electrons. The first-order valence-electron chi connectivity index (χ1n) is 4.61. The molecule has 1 rings (SSSR count). The maximum Gasteiger partial charge on any atom is 0.0624 e. The molecule has 1 atom stereocenters. The number of rotatable bonds is 3. The Morgan fingerprint density at radius 1 is 1.31 bits per heavy atom. The van der Waals surface area contributed by atoms with Crippen LogP contribution in [0, 0.1) is 0 Å². The first-order chi connectivity index (χ1) is 6.15. The van der Waals surface area contributed by atoms with Crippen molar-refractivity contribution in [1.29, 1.82) is 0 Å². The van der Waals surface area contributed by atoms with Gasteiger partial charge in [0.15, 0.2) is 0 Å². The highest BCUT2D eigenvalue weighted by molar-refractivity contribution is 5.27. The van der Waals surface area contributed by atoms with Gasteiger partial charge in [-0.15, -0.1) is 0 Å². The van der Waals surface area contributed by atoms with E-state index >= 15 is 0 Å². The zero-order valence-corrected chi connectivity index (χ0v) is 8.20. The molecular weight excluding hydrogens is 162 g/mol. The topological polar surface area (TPSA) is 46.2 Å². The molecule has 0 saturated carbocycles. The van der Waals surface area contributed by atoms with Gasteiger partial charge in [-0.2, -0.15) is 0 Å². The minimum atomic E-state index is -0.251. The summed E-state index contributed by atoms with van der Waals surface area (Å²) in [6.07, 6.45) is 0. The van der Waals surface area contributed by atoms with E-state index in [1.807, 2.05) is 12.1 Å². The third kappa shape index (κ3) is 2.54. The maximum absolute atomic E-state index is 8.89. The molecule has 0 aliphatic heterocycles. The lowest BCUT2D eigenvalue weighted by atomic mass is 9.98. The summed E-state index contributed by atoms with van der Waals surface area (Å²) >= 11 is 0. The summed E-state index contributed by atoms with van der Waals surface area (Å²) < 4.78 is 0. The minimum Gasteiger partial charge on any atom is -0.394 e. The van der Waals surface area contributed by atoms with E-state index in [2.05, 4.69) is 26.0 Å². The van der Waals surface area contributed by atoms with Gasteiger partial charge in [-0.3, -0.25) is 0 Å². The normalized spacial score (nSPS) is 13.3. The molecule has 0 aliphatic rings. The lowest BCUT2D eigenvalue weighted by Crippen LogP contribution is -2.14. The van der Waals surface area contributed by atoms with E-state index in [1.54, 1.807) is 0 Å². The van der Waals surface area contributed by atoms with Crippen molar-refractivity contribution in [1.82, 2.24) is 0 Å². The Morgan fingerprint density at radius 2 is 1.92 bits per heavy atom. The molecule has 1 aromatic rings. The molecule has 13 heavy (non-hydrogen) atoms. The first-order valence-corrected chi connectivity index (χ1v) is 4.61. The van der Waals surface area contributed by atoms with Gasteiger partial charge in [0, 0.05) is 0 Å². The average molecular weight is 179 g/mol. The van der Waals surface area contributed by atoms with Crippen molar-refractivity contribution in [3.8, 4) is 0 Å². The van der Waals surface area contributed by atoms with Crippen molar-refractivity contribution in [2.75, 3.05) is 6.61 Å². The van der Waals surface area contributed by atoms with E-state index < -0.39 is 0 Å². The van der Waals surface area contributed by atoms with Crippen molar-refractivity contribution in [3.05, 3.63) is 35.4 Å². The van der Waals surface area contributed by atoms with E-state index in [1.165, 1.54) is 5.56 Å². The molecule has 0 fully saturated rings. The molecule has 0 spiro atoms. The Kier molecular flexibility index (Phi) is 3.46. The summed E-state index contributed by atoms with van der Waals surface area (Å²) in [7, 11) is 0. The van der Waals surface area contributed by atoms with Crippen molar-refractivity contribution in [2.45, 2.75) is 25.8 Å². The molecule has 0 heterocycles. The van der Waals surface area contributed by atoms with Gasteiger partial charge in [-0.05, 0) is 17.0 Å². The van der Waals surface area contributed by atoms with Crippen LogP contribution in [-0.4, -0.2) is 11.7 Å². The lowest BCUT2D eigenvalue weighted by Gasteiger charge is -2.11. The quantitative estimate of drug-likeness (QED) is 0.743. The van der Waals surface area contributed by atoms with Gasteiger partial charge in [-0.25, -0.2) is 0 Å². The summed E-state index contributed by atoms with van der Waals surface area (Å²) in [5, 5.41) is 8.89. The molecule has 0 aromatic heterocycles. The van der Waals surface area contributed by atoms with Crippen LogP contribution in [0.2, 0.25) is 0 Å². The summed E-state index contributed by atoms with van der Waals surface area (Å²) in [5.41, 5.74) is 7.99. The Bertz CT molecular complexity index is 271. The van der Waals surface area contributed by atoms with Crippen LogP contribution in [0.25, 0.3) is 0 Å². The highest BCUT2D eigenvalue weighted by Crippen LogP contribution is 2.18. The standard InChI is InChI=1S/C11H17NO/c1-8(2)9-4-3-5-10(6-9)11(12)7-13/h3-6,8,11,13H,7,12H2,1-2H3. The smallest absolute Gasteiger partial charge is 0.0624 e. The zero-order chi connectivity index (χ0) is 9.84. The lowest BCUT2D eigenvalue weighted by molar-refractivity contribution is 0.268. The van der Waals surface area contributed by atoms with Gasteiger partial charge in [0.05, 0.1) is 12.6 Å². The second kappa shape index (κ2) is 4.40. The monoisotopic (exact) mass is 179 g/mol. The van der Waals surface area contributed by atoms with E-state index in [9.17, 15) is 0 Å². The molecule has 3 N–H and O–H groups in total. The number of nitrogens with two attached hydrogens (primary N) is 1. The van der Waals surface area contributed by atoms with Crippen LogP contribution in [0.3, 0.4) is 0 Å². The van der Waals surface area contributed by atoms with Gasteiger partial charge < -0.3 is 10.8 Å². The summed E-state index contributed by atoms with van der Waals surface area (Å²) in [5.74, 6) is 0.505. The second-order valence-corrected chi connectivity index (χ2v) is 3.61. The number of aliphatic hydroxyl groups is 1. The minimum absolute atomic E-state index is 0.00154. The molecule has 2 nitrogen and oxygen atoms in total. The van der Waals surface area contributed by atoms with Crippen LogP contribution in [0.5, 0.6) is 0 Å². The van der Waals surface area contributed by atoms with Crippen LogP contribution in [0.1, 0.15) is 36.9 Å². The van der Waals surface area contributed by atoms with E-state index in [-0.39, 0.29) is 12.6 Å². The van der Waals surface area contributed by atoms with Crippen LogP contribution in [0.15, 0.2) is 24.3 Å². The molecule has 2 heteroatoms. The Labute approximate surface area is 79.4 Å². The molecule has 0 saturated heterocycles. The fourth-order valence-electron chi connectivity index (χ4n) is 1.25.